The van der Waals surface area contributed by atoms with Gasteiger partial charge in [-0.15, -0.1) is 0 Å². The lowest BCUT2D eigenvalue weighted by Gasteiger charge is -2.25. The molecule has 0 spiro atoms. The van der Waals surface area contributed by atoms with Gasteiger partial charge in [0.2, 0.25) is 10.0 Å². The second-order valence-electron chi connectivity index (χ2n) is 8.07. The Hall–Kier alpha value is -2.59. The van der Waals surface area contributed by atoms with Gasteiger partial charge in [0.05, 0.1) is 12.0 Å². The number of ether oxygens (including phenoxy) is 1. The molecule has 3 aromatic rings. The molecule has 174 valence electrons. The van der Waals surface area contributed by atoms with Crippen LogP contribution in [0.5, 0.6) is 5.75 Å². The molecule has 3 aromatic carbocycles. The summed E-state index contributed by atoms with van der Waals surface area (Å²) in [5.74, 6) is 6.80. The Morgan fingerprint density at radius 1 is 1.12 bits per heavy atom. The second-order valence-corrected chi connectivity index (χ2v) is 11.2. The lowest BCUT2D eigenvalue weighted by atomic mass is 10.1. The minimum absolute atomic E-state index is 0.0313. The molecule has 1 amide bonds. The Balaban J connectivity index is 1.57. The third-order valence-electron chi connectivity index (χ3n) is 5.82. The van der Waals surface area contributed by atoms with Crippen LogP contribution in [0.2, 0.25) is 0 Å². The highest BCUT2D eigenvalue weighted by Crippen LogP contribution is 2.35. The van der Waals surface area contributed by atoms with Gasteiger partial charge in [-0.2, -0.15) is 16.1 Å². The van der Waals surface area contributed by atoms with Crippen LogP contribution in [0.15, 0.2) is 71.6 Å². The Morgan fingerprint density at radius 3 is 2.48 bits per heavy atom. The molecule has 33 heavy (non-hydrogen) atoms. The van der Waals surface area contributed by atoms with Crippen molar-refractivity contribution in [2.45, 2.75) is 28.4 Å². The minimum atomic E-state index is -3.88. The number of likely N-dealkylation sites (N-methyl/N-ethyl adjacent to an activating group) is 1. The fraction of sp³-hybridized carbons (Fsp3) is 0.292. The van der Waals surface area contributed by atoms with E-state index in [1.54, 1.807) is 37.1 Å². The van der Waals surface area contributed by atoms with Crippen LogP contribution >= 0.6 is 11.8 Å². The zero-order valence-corrected chi connectivity index (χ0v) is 20.2. The average Bonchev–Trinajstić information content (AvgIpc) is 3.27. The third-order valence-corrected chi connectivity index (χ3v) is 9.01. The Morgan fingerprint density at radius 2 is 1.82 bits per heavy atom. The molecule has 9 heteroatoms. The number of nitrogens with zero attached hydrogens (tertiary/aromatic N) is 2. The summed E-state index contributed by atoms with van der Waals surface area (Å²) in [5, 5.41) is 2.74. The number of hydrogen-bond donors (Lipinski definition) is 1. The number of nitrogens with two attached hydrogens (primary N) is 1. The summed E-state index contributed by atoms with van der Waals surface area (Å²) < 4.78 is 33.7. The summed E-state index contributed by atoms with van der Waals surface area (Å²) in [4.78, 5) is 13.0. The number of carbonyl (C=O) groups excluding carboxylic acids is 1. The van der Waals surface area contributed by atoms with Crippen molar-refractivity contribution in [3.63, 3.8) is 0 Å². The van der Waals surface area contributed by atoms with E-state index in [0.29, 0.717) is 12.2 Å². The van der Waals surface area contributed by atoms with Gasteiger partial charge < -0.3 is 4.74 Å². The first-order valence-corrected chi connectivity index (χ1v) is 13.1. The maximum absolute atomic E-state index is 13.6. The van der Waals surface area contributed by atoms with Crippen LogP contribution in [0.3, 0.4) is 0 Å². The van der Waals surface area contributed by atoms with E-state index in [1.807, 2.05) is 48.5 Å². The Kier molecular flexibility index (Phi) is 6.94. The number of thioether (sulfide) groups is 1. The predicted octanol–water partition coefficient (Wildman–Crippen LogP) is 3.25. The number of hydrazine groups is 1. The van der Waals surface area contributed by atoms with Gasteiger partial charge in [0.25, 0.3) is 5.91 Å². The van der Waals surface area contributed by atoms with E-state index in [9.17, 15) is 13.2 Å². The first-order chi connectivity index (χ1) is 15.8. The van der Waals surface area contributed by atoms with Gasteiger partial charge in [-0.25, -0.2) is 14.3 Å². The normalized spacial score (nSPS) is 19.0. The zero-order valence-electron chi connectivity index (χ0n) is 18.5. The maximum atomic E-state index is 13.6. The first kappa shape index (κ1) is 23.6. The van der Waals surface area contributed by atoms with Crippen LogP contribution in [0.4, 0.5) is 0 Å². The standard InChI is InChI=1S/C24H27N3O4S2/c1-26(25)24(28)23-14-21(32-16-17-7-10-20(31-2)11-8-17)15-27(23)33(29,30)22-12-9-18-5-3-4-6-19(18)13-22/h3-13,21,23H,14-16,25H2,1-2H3/t21-,23+/m1/s1. The van der Waals surface area contributed by atoms with Crippen molar-refractivity contribution >= 4 is 38.5 Å². The highest BCUT2D eigenvalue weighted by Gasteiger charge is 2.44. The highest BCUT2D eigenvalue weighted by molar-refractivity contribution is 7.99. The van der Waals surface area contributed by atoms with Gasteiger partial charge in [-0.3, -0.25) is 9.80 Å². The number of rotatable bonds is 7. The van der Waals surface area contributed by atoms with E-state index >= 15 is 0 Å². The number of benzene rings is 3. The largest absolute Gasteiger partial charge is 0.497 e. The number of hydrogen-bond acceptors (Lipinski definition) is 6. The van der Waals surface area contributed by atoms with Gasteiger partial charge in [-0.1, -0.05) is 42.5 Å². The number of carbonyl (C=O) groups is 1. The fourth-order valence-electron chi connectivity index (χ4n) is 4.01. The Labute approximate surface area is 198 Å². The topological polar surface area (TPSA) is 92.9 Å². The summed E-state index contributed by atoms with van der Waals surface area (Å²) in [6, 6.07) is 19.6. The Bertz CT molecular complexity index is 1250. The molecule has 1 fully saturated rings. The highest BCUT2D eigenvalue weighted by atomic mass is 32.2. The van der Waals surface area contributed by atoms with Crippen LogP contribution in [-0.4, -0.2) is 55.6 Å². The third kappa shape index (κ3) is 5.01. The maximum Gasteiger partial charge on any atom is 0.254 e. The number of fused-ring (bicyclic) bond motifs is 1. The molecule has 2 N–H and O–H groups in total. The number of methoxy groups -OCH3 is 1. The lowest BCUT2D eigenvalue weighted by Crippen LogP contribution is -2.48. The van der Waals surface area contributed by atoms with Gasteiger partial charge >= 0.3 is 0 Å². The van der Waals surface area contributed by atoms with Gasteiger partial charge in [0.15, 0.2) is 0 Å². The van der Waals surface area contributed by atoms with Crippen molar-refractivity contribution in [2.24, 2.45) is 5.84 Å². The minimum Gasteiger partial charge on any atom is -0.497 e. The summed E-state index contributed by atoms with van der Waals surface area (Å²) >= 11 is 1.64. The van der Waals surface area contributed by atoms with Crippen LogP contribution in [0, 0.1) is 0 Å². The molecule has 0 bridgehead atoms. The molecule has 1 aliphatic heterocycles. The van der Waals surface area contributed by atoms with Gasteiger partial charge in [0.1, 0.15) is 11.8 Å². The van der Waals surface area contributed by atoms with Crippen LogP contribution in [0.1, 0.15) is 12.0 Å². The van der Waals surface area contributed by atoms with E-state index in [-0.39, 0.29) is 16.7 Å². The van der Waals surface area contributed by atoms with E-state index < -0.39 is 22.0 Å². The molecule has 2 atom stereocenters. The van der Waals surface area contributed by atoms with E-state index in [2.05, 4.69) is 0 Å². The molecule has 1 heterocycles. The lowest BCUT2D eigenvalue weighted by molar-refractivity contribution is -0.133. The molecular weight excluding hydrogens is 458 g/mol. The molecule has 1 aliphatic rings. The van der Waals surface area contributed by atoms with Gasteiger partial charge in [0, 0.05) is 24.6 Å². The fourth-order valence-corrected chi connectivity index (χ4v) is 6.99. The van der Waals surface area contributed by atoms with Crippen molar-refractivity contribution in [3.8, 4) is 5.75 Å². The average molecular weight is 486 g/mol. The molecule has 0 unspecified atom stereocenters. The quantitative estimate of drug-likeness (QED) is 0.314. The predicted molar refractivity (Wildman–Crippen MR) is 131 cm³/mol. The van der Waals surface area contributed by atoms with Crippen molar-refractivity contribution in [1.82, 2.24) is 9.31 Å². The first-order valence-electron chi connectivity index (χ1n) is 10.6. The van der Waals surface area contributed by atoms with Crippen LogP contribution in [0.25, 0.3) is 10.8 Å². The molecular formula is C24H27N3O4S2. The van der Waals surface area contributed by atoms with E-state index in [4.69, 9.17) is 10.6 Å². The molecule has 0 radical (unpaired) electrons. The summed E-state index contributed by atoms with van der Waals surface area (Å²) in [6.45, 7) is 0.250. The number of sulfonamides is 1. The molecule has 0 aliphatic carbocycles. The van der Waals surface area contributed by atoms with Crippen molar-refractivity contribution in [1.29, 1.82) is 0 Å². The van der Waals surface area contributed by atoms with E-state index in [1.165, 1.54) is 11.4 Å². The van der Waals surface area contributed by atoms with Crippen LogP contribution < -0.4 is 10.6 Å². The molecule has 0 aromatic heterocycles. The van der Waals surface area contributed by atoms with E-state index in [0.717, 1.165) is 27.1 Å². The summed E-state index contributed by atoms with van der Waals surface area (Å²) in [7, 11) is -0.813. The number of amides is 1. The molecule has 1 saturated heterocycles. The smallest absolute Gasteiger partial charge is 0.254 e. The molecule has 7 nitrogen and oxygen atoms in total. The van der Waals surface area contributed by atoms with Crippen molar-refractivity contribution in [3.05, 3.63) is 72.3 Å². The summed E-state index contributed by atoms with van der Waals surface area (Å²) in [6.07, 6.45) is 0.411. The van der Waals surface area contributed by atoms with Gasteiger partial charge in [-0.05, 0) is 47.0 Å². The summed E-state index contributed by atoms with van der Waals surface area (Å²) in [5.41, 5.74) is 1.11. The van der Waals surface area contributed by atoms with Crippen molar-refractivity contribution < 1.29 is 17.9 Å². The van der Waals surface area contributed by atoms with Crippen molar-refractivity contribution in [2.75, 3.05) is 20.7 Å². The second kappa shape index (κ2) is 9.72. The monoisotopic (exact) mass is 485 g/mol. The molecule has 0 saturated carbocycles. The van der Waals surface area contributed by atoms with Crippen LogP contribution in [-0.2, 0) is 20.6 Å². The zero-order chi connectivity index (χ0) is 23.6. The molecule has 4 rings (SSSR count). The SMILES string of the molecule is COc1ccc(CS[C@@H]2C[C@@H](C(=O)N(C)N)N(S(=O)(=O)c3ccc4ccccc4c3)C2)cc1.